The van der Waals surface area contributed by atoms with Crippen LogP contribution in [0.1, 0.15) is 6.42 Å². The van der Waals surface area contributed by atoms with Crippen molar-refractivity contribution < 1.29 is 0 Å². The summed E-state index contributed by atoms with van der Waals surface area (Å²) in [6.45, 7) is 3.92. The summed E-state index contributed by atoms with van der Waals surface area (Å²) in [5.74, 6) is 3.78. The van der Waals surface area contributed by atoms with E-state index < -0.39 is 0 Å². The lowest BCUT2D eigenvalue weighted by Gasteiger charge is -1.93. The third-order valence-corrected chi connectivity index (χ3v) is 3.36. The van der Waals surface area contributed by atoms with Crippen molar-refractivity contribution in [2.45, 2.75) is 6.42 Å². The average Bonchev–Trinajstić information content (AvgIpc) is 1.94. The van der Waals surface area contributed by atoms with E-state index in [1.165, 1.54) is 28.6 Å². The average molecular weight is 146 g/mol. The van der Waals surface area contributed by atoms with Gasteiger partial charge in [-0.3, -0.25) is 0 Å². The smallest absolute Gasteiger partial charge is 0.0238 e. The fourth-order valence-electron chi connectivity index (χ4n) is 0.605. The first-order valence-corrected chi connectivity index (χ1v) is 4.92. The van der Waals surface area contributed by atoms with Crippen LogP contribution in [0.2, 0.25) is 0 Å². The molecule has 0 saturated carbocycles. The van der Waals surface area contributed by atoms with Crippen molar-refractivity contribution in [2.75, 3.05) is 17.3 Å². The van der Waals surface area contributed by atoms with E-state index in [2.05, 4.69) is 6.58 Å². The van der Waals surface area contributed by atoms with Gasteiger partial charge >= 0.3 is 0 Å². The minimum atomic E-state index is 1.17. The Morgan fingerprint density at radius 3 is 3.12 bits per heavy atom. The number of hydrogen-bond acceptors (Lipinski definition) is 2. The SMILES string of the molecule is C=C1CSCCCS1. The van der Waals surface area contributed by atoms with E-state index in [0.29, 0.717) is 0 Å². The number of thioether (sulfide) groups is 2. The largest absolute Gasteiger partial charge is 0.157 e. The molecule has 0 radical (unpaired) electrons. The van der Waals surface area contributed by atoms with Crippen molar-refractivity contribution >= 4 is 23.5 Å². The Kier molecular flexibility index (Phi) is 2.84. The quantitative estimate of drug-likeness (QED) is 0.514. The summed E-state index contributed by atoms with van der Waals surface area (Å²) in [7, 11) is 0. The van der Waals surface area contributed by atoms with E-state index in [0.717, 1.165) is 0 Å². The Balaban J connectivity index is 2.27. The lowest BCUT2D eigenvalue weighted by molar-refractivity contribution is 1.13. The van der Waals surface area contributed by atoms with Gasteiger partial charge < -0.3 is 0 Å². The molecular formula is C6H10S2. The van der Waals surface area contributed by atoms with Crippen molar-refractivity contribution in [3.8, 4) is 0 Å². The maximum Gasteiger partial charge on any atom is 0.0238 e. The van der Waals surface area contributed by atoms with Crippen molar-refractivity contribution in [2.24, 2.45) is 0 Å². The van der Waals surface area contributed by atoms with Crippen LogP contribution in [0.5, 0.6) is 0 Å². The fraction of sp³-hybridized carbons (Fsp3) is 0.667. The lowest BCUT2D eigenvalue weighted by Crippen LogP contribution is -1.75. The van der Waals surface area contributed by atoms with E-state index in [4.69, 9.17) is 0 Å². The van der Waals surface area contributed by atoms with E-state index in [9.17, 15) is 0 Å². The van der Waals surface area contributed by atoms with E-state index in [1.807, 2.05) is 23.5 Å². The van der Waals surface area contributed by atoms with Gasteiger partial charge in [-0.2, -0.15) is 11.8 Å². The zero-order chi connectivity index (χ0) is 5.82. The highest BCUT2D eigenvalue weighted by molar-refractivity contribution is 8.06. The molecule has 0 aromatic carbocycles. The van der Waals surface area contributed by atoms with Gasteiger partial charge in [0.1, 0.15) is 0 Å². The fourth-order valence-corrected chi connectivity index (χ4v) is 2.67. The molecule has 0 atom stereocenters. The van der Waals surface area contributed by atoms with E-state index in [-0.39, 0.29) is 0 Å². The first-order chi connectivity index (χ1) is 3.89. The van der Waals surface area contributed by atoms with Crippen LogP contribution < -0.4 is 0 Å². The first-order valence-electron chi connectivity index (χ1n) is 2.78. The van der Waals surface area contributed by atoms with Crippen LogP contribution in [0.3, 0.4) is 0 Å². The van der Waals surface area contributed by atoms with Crippen molar-refractivity contribution in [1.82, 2.24) is 0 Å². The number of hydrogen-bond donors (Lipinski definition) is 0. The van der Waals surface area contributed by atoms with Crippen molar-refractivity contribution in [3.05, 3.63) is 11.5 Å². The summed E-state index contributed by atoms with van der Waals surface area (Å²) < 4.78 is 0. The van der Waals surface area contributed by atoms with Crippen molar-refractivity contribution in [3.63, 3.8) is 0 Å². The second kappa shape index (κ2) is 3.46. The van der Waals surface area contributed by atoms with Crippen molar-refractivity contribution in [1.29, 1.82) is 0 Å². The Morgan fingerprint density at radius 2 is 2.25 bits per heavy atom. The summed E-state index contributed by atoms with van der Waals surface area (Å²) >= 11 is 3.93. The maximum absolute atomic E-state index is 3.92. The summed E-state index contributed by atoms with van der Waals surface area (Å²) in [6, 6.07) is 0. The van der Waals surface area contributed by atoms with Gasteiger partial charge in [-0.05, 0) is 22.8 Å². The molecule has 1 aliphatic heterocycles. The minimum Gasteiger partial charge on any atom is -0.157 e. The molecule has 0 bridgehead atoms. The molecular weight excluding hydrogens is 136 g/mol. The summed E-state index contributed by atoms with van der Waals surface area (Å²) in [5, 5.41) is 0. The molecule has 1 rings (SSSR count). The first kappa shape index (κ1) is 6.56. The molecule has 0 N–H and O–H groups in total. The summed E-state index contributed by atoms with van der Waals surface area (Å²) in [6.07, 6.45) is 1.36. The predicted molar refractivity (Wildman–Crippen MR) is 43.5 cm³/mol. The molecule has 8 heavy (non-hydrogen) atoms. The van der Waals surface area contributed by atoms with Gasteiger partial charge in [-0.1, -0.05) is 6.58 Å². The second-order valence-electron chi connectivity index (χ2n) is 1.79. The van der Waals surface area contributed by atoms with Crippen LogP contribution in [0, 0.1) is 0 Å². The van der Waals surface area contributed by atoms with Crippen LogP contribution in [0.25, 0.3) is 0 Å². The molecule has 1 heterocycles. The third kappa shape index (κ3) is 2.14. The molecule has 0 aromatic heterocycles. The minimum absolute atomic E-state index is 1.17. The maximum atomic E-state index is 3.92. The number of rotatable bonds is 0. The topological polar surface area (TPSA) is 0 Å². The Morgan fingerprint density at radius 1 is 1.38 bits per heavy atom. The Bertz CT molecular complexity index is 78.5. The van der Waals surface area contributed by atoms with Gasteiger partial charge in [0, 0.05) is 5.75 Å². The molecule has 1 aliphatic rings. The molecule has 0 nitrogen and oxygen atoms in total. The van der Waals surface area contributed by atoms with Crippen LogP contribution in [0.4, 0.5) is 0 Å². The highest BCUT2D eigenvalue weighted by Gasteiger charge is 2.00. The third-order valence-electron chi connectivity index (χ3n) is 1.00. The molecule has 2 heteroatoms. The normalized spacial score (nSPS) is 22.8. The molecule has 0 aromatic rings. The Labute approximate surface area is 59.1 Å². The van der Waals surface area contributed by atoms with Crippen LogP contribution in [0.15, 0.2) is 11.5 Å². The highest BCUT2D eigenvalue weighted by Crippen LogP contribution is 2.24. The molecule has 1 saturated heterocycles. The molecule has 0 spiro atoms. The zero-order valence-electron chi connectivity index (χ0n) is 4.85. The van der Waals surface area contributed by atoms with Crippen LogP contribution >= 0.6 is 23.5 Å². The van der Waals surface area contributed by atoms with Gasteiger partial charge in [-0.25, -0.2) is 0 Å². The predicted octanol–water partition coefficient (Wildman–Crippen LogP) is 2.37. The van der Waals surface area contributed by atoms with Crippen LogP contribution in [-0.4, -0.2) is 17.3 Å². The molecule has 0 aliphatic carbocycles. The van der Waals surface area contributed by atoms with Gasteiger partial charge in [-0.15, -0.1) is 11.8 Å². The molecule has 1 fully saturated rings. The molecule has 0 unspecified atom stereocenters. The highest BCUT2D eigenvalue weighted by atomic mass is 32.2. The standard InChI is InChI=1S/C6H10S2/c1-6-5-7-3-2-4-8-6/h1-5H2. The van der Waals surface area contributed by atoms with Gasteiger partial charge in [0.2, 0.25) is 0 Å². The van der Waals surface area contributed by atoms with E-state index >= 15 is 0 Å². The monoisotopic (exact) mass is 146 g/mol. The molecule has 0 amide bonds. The second-order valence-corrected chi connectivity index (χ2v) is 4.17. The lowest BCUT2D eigenvalue weighted by atomic mass is 10.6. The molecule has 46 valence electrons. The van der Waals surface area contributed by atoms with Crippen LogP contribution in [-0.2, 0) is 0 Å². The van der Waals surface area contributed by atoms with Gasteiger partial charge in [0.25, 0.3) is 0 Å². The summed E-state index contributed by atoms with van der Waals surface area (Å²) in [5.41, 5.74) is 0. The van der Waals surface area contributed by atoms with Gasteiger partial charge in [0.05, 0.1) is 0 Å². The summed E-state index contributed by atoms with van der Waals surface area (Å²) in [4.78, 5) is 1.35. The van der Waals surface area contributed by atoms with E-state index in [1.54, 1.807) is 0 Å². The zero-order valence-corrected chi connectivity index (χ0v) is 6.49. The van der Waals surface area contributed by atoms with Gasteiger partial charge in [0.15, 0.2) is 0 Å². The Hall–Kier alpha value is 0.440.